The van der Waals surface area contributed by atoms with E-state index in [1.807, 2.05) is 42.2 Å². The predicted octanol–water partition coefficient (Wildman–Crippen LogP) is 2.12. The third kappa shape index (κ3) is 4.10. The van der Waals surface area contributed by atoms with Crippen molar-refractivity contribution in [1.29, 1.82) is 0 Å². The van der Waals surface area contributed by atoms with Gasteiger partial charge in [-0.05, 0) is 38.4 Å². The first kappa shape index (κ1) is 16.4. The lowest BCUT2D eigenvalue weighted by atomic mass is 9.97. The smallest absolute Gasteiger partial charge is 0.241 e. The second kappa shape index (κ2) is 7.90. The molecule has 0 saturated carbocycles. The maximum Gasteiger partial charge on any atom is 0.241 e. The van der Waals surface area contributed by atoms with Crippen molar-refractivity contribution in [2.45, 2.75) is 26.1 Å². The number of piperidine rings is 1. The topological polar surface area (TPSA) is 42.0 Å². The Hall–Kier alpha value is -1.43. The molecule has 126 valence electrons. The van der Waals surface area contributed by atoms with Crippen molar-refractivity contribution in [3.05, 3.63) is 30.3 Å². The molecule has 0 aliphatic carbocycles. The highest BCUT2D eigenvalue weighted by atomic mass is 16.7. The van der Waals surface area contributed by atoms with Crippen LogP contribution in [0.5, 0.6) is 0 Å². The molecule has 5 heteroatoms. The molecule has 0 aromatic heterocycles. The van der Waals surface area contributed by atoms with E-state index in [1.165, 1.54) is 0 Å². The number of carbonyl (C=O) groups excluding carboxylic acids is 1. The summed E-state index contributed by atoms with van der Waals surface area (Å²) in [6, 6.07) is 9.88. The summed E-state index contributed by atoms with van der Waals surface area (Å²) in [5.74, 6) is 0.540. The van der Waals surface area contributed by atoms with Gasteiger partial charge in [0, 0.05) is 24.7 Å². The van der Waals surface area contributed by atoms with Crippen LogP contribution < -0.4 is 4.90 Å². The molecule has 2 saturated heterocycles. The van der Waals surface area contributed by atoms with Crippen molar-refractivity contribution in [3.8, 4) is 0 Å². The van der Waals surface area contributed by atoms with Crippen molar-refractivity contribution < 1.29 is 14.3 Å². The van der Waals surface area contributed by atoms with E-state index in [0.29, 0.717) is 32.2 Å². The van der Waals surface area contributed by atoms with Gasteiger partial charge in [-0.2, -0.15) is 0 Å². The molecule has 0 spiro atoms. The molecule has 23 heavy (non-hydrogen) atoms. The van der Waals surface area contributed by atoms with Crippen LogP contribution in [0, 0.1) is 5.92 Å². The van der Waals surface area contributed by atoms with Crippen LogP contribution >= 0.6 is 0 Å². The average Bonchev–Trinajstić information content (AvgIpc) is 3.11. The van der Waals surface area contributed by atoms with Crippen LogP contribution in [0.3, 0.4) is 0 Å². The van der Waals surface area contributed by atoms with Gasteiger partial charge < -0.3 is 14.4 Å². The quantitative estimate of drug-likeness (QED) is 0.834. The van der Waals surface area contributed by atoms with Gasteiger partial charge in [0.1, 0.15) is 0 Å². The van der Waals surface area contributed by atoms with Crippen molar-refractivity contribution in [2.24, 2.45) is 5.92 Å². The first-order valence-corrected chi connectivity index (χ1v) is 8.59. The van der Waals surface area contributed by atoms with E-state index in [2.05, 4.69) is 4.90 Å². The summed E-state index contributed by atoms with van der Waals surface area (Å²) in [7, 11) is 0. The molecule has 0 bridgehead atoms. The van der Waals surface area contributed by atoms with Crippen molar-refractivity contribution in [2.75, 3.05) is 44.3 Å². The molecule has 2 aliphatic heterocycles. The fraction of sp³-hybridized carbons (Fsp3) is 0.611. The van der Waals surface area contributed by atoms with E-state index in [1.54, 1.807) is 0 Å². The number of hydrogen-bond acceptors (Lipinski definition) is 4. The summed E-state index contributed by atoms with van der Waals surface area (Å²) in [6.07, 6.45) is 2.13. The monoisotopic (exact) mass is 318 g/mol. The summed E-state index contributed by atoms with van der Waals surface area (Å²) < 4.78 is 11.3. The minimum Gasteiger partial charge on any atom is -0.350 e. The summed E-state index contributed by atoms with van der Waals surface area (Å²) in [4.78, 5) is 16.8. The van der Waals surface area contributed by atoms with Gasteiger partial charge in [-0.3, -0.25) is 9.69 Å². The third-order valence-corrected chi connectivity index (χ3v) is 4.62. The van der Waals surface area contributed by atoms with Crippen LogP contribution in [0.15, 0.2) is 30.3 Å². The van der Waals surface area contributed by atoms with Gasteiger partial charge >= 0.3 is 0 Å². The first-order valence-electron chi connectivity index (χ1n) is 8.59. The molecular weight excluding hydrogens is 292 g/mol. The highest BCUT2D eigenvalue weighted by molar-refractivity contribution is 5.94. The molecule has 0 radical (unpaired) electrons. The molecule has 1 aromatic rings. The number of amides is 1. The Morgan fingerprint density at radius 3 is 2.70 bits per heavy atom. The number of benzene rings is 1. The Balaban J connectivity index is 1.58. The van der Waals surface area contributed by atoms with Crippen molar-refractivity contribution in [1.82, 2.24) is 4.90 Å². The van der Waals surface area contributed by atoms with E-state index in [-0.39, 0.29) is 12.2 Å². The number of nitrogens with zero attached hydrogens (tertiary/aromatic N) is 2. The summed E-state index contributed by atoms with van der Waals surface area (Å²) in [5, 5.41) is 0. The van der Waals surface area contributed by atoms with Crippen molar-refractivity contribution in [3.63, 3.8) is 0 Å². The average molecular weight is 318 g/mol. The third-order valence-electron chi connectivity index (χ3n) is 4.62. The van der Waals surface area contributed by atoms with Gasteiger partial charge in [0.05, 0.1) is 19.8 Å². The molecule has 1 aromatic carbocycles. The Kier molecular flexibility index (Phi) is 5.65. The zero-order valence-corrected chi connectivity index (χ0v) is 13.8. The fourth-order valence-electron chi connectivity index (χ4n) is 3.49. The van der Waals surface area contributed by atoms with E-state index in [4.69, 9.17) is 9.47 Å². The van der Waals surface area contributed by atoms with Crippen LogP contribution in [-0.4, -0.2) is 56.5 Å². The number of ether oxygens (including phenoxy) is 2. The number of carbonyl (C=O) groups is 1. The van der Waals surface area contributed by atoms with Gasteiger partial charge in [-0.15, -0.1) is 0 Å². The van der Waals surface area contributed by atoms with E-state index >= 15 is 0 Å². The zero-order chi connectivity index (χ0) is 16.1. The lowest BCUT2D eigenvalue weighted by Crippen LogP contribution is -2.46. The van der Waals surface area contributed by atoms with Crippen molar-refractivity contribution >= 4 is 11.6 Å². The zero-order valence-electron chi connectivity index (χ0n) is 13.8. The molecule has 2 aliphatic rings. The number of likely N-dealkylation sites (tertiary alicyclic amines) is 1. The van der Waals surface area contributed by atoms with E-state index in [9.17, 15) is 4.79 Å². The molecule has 5 nitrogen and oxygen atoms in total. The minimum absolute atomic E-state index is 0.0793. The fourth-order valence-corrected chi connectivity index (χ4v) is 3.49. The number of anilines is 1. The Morgan fingerprint density at radius 2 is 2.00 bits per heavy atom. The molecule has 3 rings (SSSR count). The van der Waals surface area contributed by atoms with E-state index < -0.39 is 0 Å². The minimum atomic E-state index is -0.0793. The number of para-hydroxylation sites is 1. The highest BCUT2D eigenvalue weighted by Gasteiger charge is 2.32. The standard InChI is InChI=1S/C18H26N2O3/c1-2-20(16-8-4-3-5-9-16)17(21)14-19-10-6-7-15(13-19)18-22-11-12-23-18/h3-5,8-9,15,18H,2,6-7,10-14H2,1H3. The summed E-state index contributed by atoms with van der Waals surface area (Å²) in [6.45, 7) is 6.41. The van der Waals surface area contributed by atoms with Gasteiger partial charge in [0.25, 0.3) is 0 Å². The molecule has 2 heterocycles. The Bertz CT molecular complexity index is 502. The lowest BCUT2D eigenvalue weighted by molar-refractivity contribution is -0.123. The van der Waals surface area contributed by atoms with Crippen LogP contribution in [0.1, 0.15) is 19.8 Å². The summed E-state index contributed by atoms with van der Waals surface area (Å²) in [5.41, 5.74) is 0.969. The van der Waals surface area contributed by atoms with Gasteiger partial charge in [0.2, 0.25) is 5.91 Å². The van der Waals surface area contributed by atoms with Gasteiger partial charge in [-0.1, -0.05) is 18.2 Å². The van der Waals surface area contributed by atoms with Crippen LogP contribution in [0.25, 0.3) is 0 Å². The molecule has 2 fully saturated rings. The number of rotatable bonds is 5. The second-order valence-electron chi connectivity index (χ2n) is 6.22. The largest absolute Gasteiger partial charge is 0.350 e. The lowest BCUT2D eigenvalue weighted by Gasteiger charge is -2.35. The molecule has 1 amide bonds. The SMILES string of the molecule is CCN(C(=O)CN1CCCC(C2OCCO2)C1)c1ccccc1. The Labute approximate surface area is 138 Å². The first-order chi connectivity index (χ1) is 11.3. The summed E-state index contributed by atoms with van der Waals surface area (Å²) >= 11 is 0. The van der Waals surface area contributed by atoms with E-state index in [0.717, 1.165) is 31.6 Å². The maximum atomic E-state index is 12.7. The van der Waals surface area contributed by atoms with Crippen LogP contribution in [-0.2, 0) is 14.3 Å². The second-order valence-corrected chi connectivity index (χ2v) is 6.22. The number of likely N-dealkylation sites (N-methyl/N-ethyl adjacent to an activating group) is 1. The van der Waals surface area contributed by atoms with Gasteiger partial charge in [0.15, 0.2) is 6.29 Å². The number of hydrogen-bond donors (Lipinski definition) is 0. The molecule has 0 N–H and O–H groups in total. The molecular formula is C18H26N2O3. The molecule has 1 atom stereocenters. The Morgan fingerprint density at radius 1 is 1.26 bits per heavy atom. The normalized spacial score (nSPS) is 23.1. The van der Waals surface area contributed by atoms with Crippen LogP contribution in [0.2, 0.25) is 0 Å². The maximum absolute atomic E-state index is 12.7. The van der Waals surface area contributed by atoms with Gasteiger partial charge in [-0.25, -0.2) is 0 Å². The predicted molar refractivity (Wildman–Crippen MR) is 89.3 cm³/mol. The molecule has 1 unspecified atom stereocenters. The van der Waals surface area contributed by atoms with Crippen LogP contribution in [0.4, 0.5) is 5.69 Å². The highest BCUT2D eigenvalue weighted by Crippen LogP contribution is 2.25.